The van der Waals surface area contributed by atoms with E-state index >= 15 is 0 Å². The van der Waals surface area contributed by atoms with E-state index in [0.29, 0.717) is 40.3 Å². The molecule has 2 aromatic heterocycles. The predicted octanol–water partition coefficient (Wildman–Crippen LogP) is 4.04. The van der Waals surface area contributed by atoms with Gasteiger partial charge >= 0.3 is 0 Å². The summed E-state index contributed by atoms with van der Waals surface area (Å²) in [5.41, 5.74) is 10.0. The van der Waals surface area contributed by atoms with E-state index in [0.717, 1.165) is 48.8 Å². The number of anilines is 2. The van der Waals surface area contributed by atoms with Crippen LogP contribution in [-0.4, -0.2) is 51.7 Å². The molecule has 0 amide bonds. The highest BCUT2D eigenvalue weighted by molar-refractivity contribution is 6.17. The van der Waals surface area contributed by atoms with Gasteiger partial charge in [-0.15, -0.1) is 0 Å². The second-order valence-corrected chi connectivity index (χ2v) is 9.48. The molecule has 34 heavy (non-hydrogen) atoms. The van der Waals surface area contributed by atoms with Gasteiger partial charge in [0.15, 0.2) is 5.58 Å². The van der Waals surface area contributed by atoms with Gasteiger partial charge in [0.2, 0.25) is 5.89 Å². The maximum absolute atomic E-state index is 8.96. The van der Waals surface area contributed by atoms with Crippen LogP contribution in [0.1, 0.15) is 24.0 Å². The molecule has 2 atom stereocenters. The maximum atomic E-state index is 8.96. The lowest BCUT2D eigenvalue weighted by Gasteiger charge is -2.19. The Kier molecular flexibility index (Phi) is 5.03. The molecule has 0 spiro atoms. The van der Waals surface area contributed by atoms with E-state index in [-0.39, 0.29) is 5.71 Å². The molecule has 1 aliphatic heterocycles. The number of likely N-dealkylation sites (tertiary alicyclic amines) is 1. The molecule has 2 aromatic carbocycles. The molecule has 8 heteroatoms. The summed E-state index contributed by atoms with van der Waals surface area (Å²) in [6.07, 6.45) is 3.68. The highest BCUT2D eigenvalue weighted by Gasteiger charge is 2.40. The number of nitrogen functional groups attached to an aromatic ring is 1. The standard InChI is InChI=1S/C26H27N7O/c1-33-12-17-9-19(10-18(17)13-33)31-25-22(24(28)29-14-30-25)23(27)16-7-8-20-21(11-16)34-26(32-20)15-5-3-2-4-6-15/h2-8,11,14,17-19,27H,9-10,12-13H2,1H3,(H3,28,29,30,31). The van der Waals surface area contributed by atoms with Crippen LogP contribution < -0.4 is 11.1 Å². The first-order valence-electron chi connectivity index (χ1n) is 11.7. The zero-order valence-corrected chi connectivity index (χ0v) is 19.0. The van der Waals surface area contributed by atoms with Crippen molar-refractivity contribution in [2.24, 2.45) is 11.8 Å². The van der Waals surface area contributed by atoms with Gasteiger partial charge in [-0.2, -0.15) is 0 Å². The Balaban J connectivity index is 1.28. The lowest BCUT2D eigenvalue weighted by atomic mass is 10.0. The van der Waals surface area contributed by atoms with E-state index in [4.69, 9.17) is 15.6 Å². The van der Waals surface area contributed by atoms with Crippen molar-refractivity contribution in [2.75, 3.05) is 31.2 Å². The third-order valence-electron chi connectivity index (χ3n) is 7.10. The summed E-state index contributed by atoms with van der Waals surface area (Å²) in [5, 5.41) is 12.5. The number of fused-ring (bicyclic) bond motifs is 2. The highest BCUT2D eigenvalue weighted by atomic mass is 16.3. The lowest BCUT2D eigenvalue weighted by Crippen LogP contribution is -2.24. The van der Waals surface area contributed by atoms with E-state index in [1.54, 1.807) is 0 Å². The molecule has 1 aliphatic carbocycles. The minimum absolute atomic E-state index is 0.262. The van der Waals surface area contributed by atoms with Crippen LogP contribution in [0.5, 0.6) is 0 Å². The Labute approximate surface area is 197 Å². The molecule has 0 radical (unpaired) electrons. The van der Waals surface area contributed by atoms with E-state index < -0.39 is 0 Å². The smallest absolute Gasteiger partial charge is 0.227 e. The molecular formula is C26H27N7O. The number of hydrogen-bond donors (Lipinski definition) is 3. The first kappa shape index (κ1) is 20.8. The fraction of sp³-hybridized carbons (Fsp3) is 0.308. The van der Waals surface area contributed by atoms with Crippen LogP contribution in [0, 0.1) is 17.2 Å². The summed E-state index contributed by atoms with van der Waals surface area (Å²) in [5.74, 6) is 2.91. The van der Waals surface area contributed by atoms with E-state index in [1.165, 1.54) is 6.33 Å². The Morgan fingerprint density at radius 2 is 1.85 bits per heavy atom. The van der Waals surface area contributed by atoms with Crippen molar-refractivity contribution in [3.8, 4) is 11.5 Å². The molecule has 1 saturated carbocycles. The number of oxazole rings is 1. The Bertz CT molecular complexity index is 1350. The SMILES string of the molecule is CN1CC2CC(Nc3ncnc(N)c3C(=N)c3ccc4nc(-c5ccccc5)oc4c3)CC2C1. The molecule has 172 valence electrons. The van der Waals surface area contributed by atoms with Crippen molar-refractivity contribution >= 4 is 28.4 Å². The van der Waals surface area contributed by atoms with Crippen LogP contribution in [0.25, 0.3) is 22.6 Å². The van der Waals surface area contributed by atoms with Crippen LogP contribution in [0.3, 0.4) is 0 Å². The van der Waals surface area contributed by atoms with Crippen molar-refractivity contribution in [1.29, 1.82) is 5.41 Å². The van der Waals surface area contributed by atoms with Crippen molar-refractivity contribution in [2.45, 2.75) is 18.9 Å². The molecule has 2 unspecified atom stereocenters. The first-order valence-corrected chi connectivity index (χ1v) is 11.7. The van der Waals surface area contributed by atoms with Gasteiger partial charge in [-0.25, -0.2) is 15.0 Å². The van der Waals surface area contributed by atoms with Gasteiger partial charge in [0.25, 0.3) is 0 Å². The topological polar surface area (TPSA) is 117 Å². The number of hydrogen-bond acceptors (Lipinski definition) is 8. The van der Waals surface area contributed by atoms with Gasteiger partial charge in [0.1, 0.15) is 23.5 Å². The molecule has 2 fully saturated rings. The average Bonchev–Trinajstić information content (AvgIpc) is 3.51. The van der Waals surface area contributed by atoms with Crippen LogP contribution >= 0.6 is 0 Å². The molecule has 4 N–H and O–H groups in total. The summed E-state index contributed by atoms with van der Waals surface area (Å²) in [4.78, 5) is 15.7. The predicted molar refractivity (Wildman–Crippen MR) is 133 cm³/mol. The second-order valence-electron chi connectivity index (χ2n) is 9.48. The van der Waals surface area contributed by atoms with E-state index in [2.05, 4.69) is 32.2 Å². The quantitative estimate of drug-likeness (QED) is 0.391. The second kappa shape index (κ2) is 8.22. The van der Waals surface area contributed by atoms with Crippen molar-refractivity contribution < 1.29 is 4.42 Å². The van der Waals surface area contributed by atoms with Crippen LogP contribution in [0.2, 0.25) is 0 Å². The van der Waals surface area contributed by atoms with E-state index in [1.807, 2.05) is 48.5 Å². The first-order chi connectivity index (χ1) is 16.5. The molecule has 1 saturated heterocycles. The maximum Gasteiger partial charge on any atom is 0.227 e. The number of rotatable bonds is 5. The minimum atomic E-state index is 0.262. The number of benzene rings is 2. The van der Waals surface area contributed by atoms with Gasteiger partial charge < -0.3 is 20.4 Å². The monoisotopic (exact) mass is 453 g/mol. The van der Waals surface area contributed by atoms with Crippen LogP contribution in [0.15, 0.2) is 59.3 Å². The Morgan fingerprint density at radius 3 is 2.62 bits per heavy atom. The molecule has 4 aromatic rings. The number of aromatic nitrogens is 3. The third kappa shape index (κ3) is 3.70. The van der Waals surface area contributed by atoms with Crippen LogP contribution in [0.4, 0.5) is 11.6 Å². The largest absolute Gasteiger partial charge is 0.436 e. The number of nitrogens with two attached hydrogens (primary N) is 1. The fourth-order valence-corrected chi connectivity index (χ4v) is 5.53. The van der Waals surface area contributed by atoms with Gasteiger partial charge in [-0.1, -0.05) is 24.3 Å². The molecular weight excluding hydrogens is 426 g/mol. The van der Waals surface area contributed by atoms with Crippen LogP contribution in [-0.2, 0) is 0 Å². The van der Waals surface area contributed by atoms with Gasteiger partial charge in [-0.3, -0.25) is 5.41 Å². The van der Waals surface area contributed by atoms with Gasteiger partial charge in [0.05, 0.1) is 11.3 Å². The summed E-state index contributed by atoms with van der Waals surface area (Å²) in [7, 11) is 2.19. The number of nitrogens with one attached hydrogen (secondary N) is 2. The zero-order chi connectivity index (χ0) is 23.2. The van der Waals surface area contributed by atoms with Crippen molar-refractivity contribution in [3.63, 3.8) is 0 Å². The van der Waals surface area contributed by atoms with Gasteiger partial charge in [-0.05, 0) is 56.0 Å². The van der Waals surface area contributed by atoms with Crippen molar-refractivity contribution in [3.05, 3.63) is 66.0 Å². The normalized spacial score (nSPS) is 22.2. The summed E-state index contributed by atoms with van der Waals surface area (Å²) in [6, 6.07) is 15.7. The lowest BCUT2D eigenvalue weighted by molar-refractivity contribution is 0.374. The Morgan fingerprint density at radius 1 is 1.09 bits per heavy atom. The third-order valence-corrected chi connectivity index (χ3v) is 7.10. The highest BCUT2D eigenvalue weighted by Crippen LogP contribution is 2.39. The average molecular weight is 454 g/mol. The molecule has 3 heterocycles. The fourth-order valence-electron chi connectivity index (χ4n) is 5.53. The minimum Gasteiger partial charge on any atom is -0.436 e. The summed E-state index contributed by atoms with van der Waals surface area (Å²) < 4.78 is 6.01. The summed E-state index contributed by atoms with van der Waals surface area (Å²) in [6.45, 7) is 2.30. The van der Waals surface area contributed by atoms with E-state index in [9.17, 15) is 0 Å². The molecule has 8 nitrogen and oxygen atoms in total. The Hall–Kier alpha value is -3.78. The zero-order valence-electron chi connectivity index (χ0n) is 19.0. The molecule has 2 aliphatic rings. The number of nitrogens with zero attached hydrogens (tertiary/aromatic N) is 4. The van der Waals surface area contributed by atoms with Gasteiger partial charge in [0, 0.05) is 30.3 Å². The molecule has 6 rings (SSSR count). The molecule has 0 bridgehead atoms. The summed E-state index contributed by atoms with van der Waals surface area (Å²) >= 11 is 0. The van der Waals surface area contributed by atoms with Crippen molar-refractivity contribution in [1.82, 2.24) is 19.9 Å².